The number of ether oxygens (including phenoxy) is 3. The third kappa shape index (κ3) is 5.09. The molecule has 0 fully saturated rings. The number of nitrogens with one attached hydrogen (secondary N) is 1. The molecule has 11 heteroatoms. The van der Waals surface area contributed by atoms with Crippen molar-refractivity contribution < 1.29 is 23.4 Å². The van der Waals surface area contributed by atoms with Crippen LogP contribution in [0.15, 0.2) is 61.1 Å². The van der Waals surface area contributed by atoms with Crippen LogP contribution in [0.2, 0.25) is 0 Å². The fourth-order valence-corrected chi connectivity index (χ4v) is 3.04. The van der Waals surface area contributed by atoms with E-state index in [1.54, 1.807) is 42.6 Å². The summed E-state index contributed by atoms with van der Waals surface area (Å²) in [5.41, 5.74) is 0.613. The molecule has 0 aliphatic rings. The molecule has 10 nitrogen and oxygen atoms in total. The minimum absolute atomic E-state index is 0.0273. The minimum Gasteiger partial charge on any atom is -0.493 e. The first kappa shape index (κ1) is 21.8. The molecule has 1 N–H and O–H groups in total. The Bertz CT molecular complexity index is 1230. The van der Waals surface area contributed by atoms with Crippen molar-refractivity contribution in [3.63, 3.8) is 0 Å². The van der Waals surface area contributed by atoms with Crippen LogP contribution in [-0.2, 0) is 13.3 Å². The lowest BCUT2D eigenvalue weighted by atomic mass is 10.2. The Labute approximate surface area is 188 Å². The van der Waals surface area contributed by atoms with Gasteiger partial charge in [-0.25, -0.2) is 18.7 Å². The van der Waals surface area contributed by atoms with Crippen molar-refractivity contribution in [3.05, 3.63) is 78.1 Å². The molecule has 0 aliphatic heterocycles. The summed E-state index contributed by atoms with van der Waals surface area (Å²) in [4.78, 5) is 16.5. The number of rotatable bonds is 9. The van der Waals surface area contributed by atoms with Crippen LogP contribution in [0.1, 0.15) is 16.1 Å². The van der Waals surface area contributed by atoms with Crippen LogP contribution in [0.4, 0.5) is 10.3 Å². The quantitative estimate of drug-likeness (QED) is 0.416. The zero-order chi connectivity index (χ0) is 23.2. The lowest BCUT2D eigenvalue weighted by Crippen LogP contribution is -2.15. The molecule has 33 heavy (non-hydrogen) atoms. The number of benzene rings is 2. The molecule has 1 amide bonds. The standard InChI is InChI=1S/C22H21FN6O4/c1-31-18-8-5-9-19(32-2)20(18)33-14-28-11-10-17(26-28)21(30)25-22-24-13-29(27-22)12-15-6-3-4-7-16(15)23/h3-11,13H,12,14H2,1-2H3,(H,25,27,30). The fourth-order valence-electron chi connectivity index (χ4n) is 3.04. The van der Waals surface area contributed by atoms with Crippen LogP contribution >= 0.6 is 0 Å². The third-order valence-electron chi connectivity index (χ3n) is 4.65. The second-order valence-electron chi connectivity index (χ2n) is 6.82. The normalized spacial score (nSPS) is 10.6. The molecule has 0 saturated carbocycles. The Morgan fingerprint density at radius 2 is 1.76 bits per heavy atom. The van der Waals surface area contributed by atoms with Gasteiger partial charge in [0.15, 0.2) is 23.9 Å². The van der Waals surface area contributed by atoms with Gasteiger partial charge in [0.05, 0.1) is 20.8 Å². The second-order valence-corrected chi connectivity index (χ2v) is 6.82. The molecule has 0 unspecified atom stereocenters. The van der Waals surface area contributed by atoms with E-state index in [-0.39, 0.29) is 30.7 Å². The molecule has 2 aromatic carbocycles. The maximum Gasteiger partial charge on any atom is 0.278 e. The molecule has 4 aromatic rings. The highest BCUT2D eigenvalue weighted by molar-refractivity contribution is 6.01. The predicted molar refractivity (Wildman–Crippen MR) is 116 cm³/mol. The van der Waals surface area contributed by atoms with E-state index >= 15 is 0 Å². The number of nitrogens with zero attached hydrogens (tertiary/aromatic N) is 5. The molecule has 4 rings (SSSR count). The molecule has 0 atom stereocenters. The molecule has 2 aromatic heterocycles. The summed E-state index contributed by atoms with van der Waals surface area (Å²) in [5.74, 6) is 0.701. The van der Waals surface area contributed by atoms with Gasteiger partial charge in [0.25, 0.3) is 5.91 Å². The average molecular weight is 452 g/mol. The van der Waals surface area contributed by atoms with Crippen molar-refractivity contribution in [1.82, 2.24) is 24.5 Å². The van der Waals surface area contributed by atoms with Gasteiger partial charge >= 0.3 is 0 Å². The highest BCUT2D eigenvalue weighted by Crippen LogP contribution is 2.36. The van der Waals surface area contributed by atoms with Crippen molar-refractivity contribution in [1.29, 1.82) is 0 Å². The topological polar surface area (TPSA) is 105 Å². The first-order chi connectivity index (χ1) is 16.1. The van der Waals surface area contributed by atoms with E-state index < -0.39 is 5.91 Å². The highest BCUT2D eigenvalue weighted by atomic mass is 19.1. The summed E-state index contributed by atoms with van der Waals surface area (Å²) in [6.45, 7) is 0.216. The number of halogens is 1. The first-order valence-electron chi connectivity index (χ1n) is 9.89. The van der Waals surface area contributed by atoms with Gasteiger partial charge in [-0.2, -0.15) is 5.10 Å². The predicted octanol–water partition coefficient (Wildman–Crippen LogP) is 2.97. The SMILES string of the molecule is COc1cccc(OC)c1OCn1ccc(C(=O)Nc2ncn(Cc3ccccc3F)n2)n1. The maximum absolute atomic E-state index is 13.8. The molecule has 0 saturated heterocycles. The Hall–Kier alpha value is -4.41. The number of para-hydroxylation sites is 1. The van der Waals surface area contributed by atoms with Crippen LogP contribution in [0.3, 0.4) is 0 Å². The smallest absolute Gasteiger partial charge is 0.278 e. The van der Waals surface area contributed by atoms with Gasteiger partial charge in [-0.05, 0) is 24.3 Å². The molecule has 0 spiro atoms. The van der Waals surface area contributed by atoms with Crippen LogP contribution in [0.5, 0.6) is 17.2 Å². The molecular weight excluding hydrogens is 431 g/mol. The molecular formula is C22H21FN6O4. The Morgan fingerprint density at radius 3 is 2.48 bits per heavy atom. The summed E-state index contributed by atoms with van der Waals surface area (Å²) in [7, 11) is 3.06. The van der Waals surface area contributed by atoms with E-state index in [1.165, 1.54) is 42.0 Å². The number of methoxy groups -OCH3 is 2. The lowest BCUT2D eigenvalue weighted by molar-refractivity contribution is 0.101. The van der Waals surface area contributed by atoms with Crippen molar-refractivity contribution in [3.8, 4) is 17.2 Å². The number of hydrogen-bond acceptors (Lipinski definition) is 7. The van der Waals surface area contributed by atoms with E-state index in [2.05, 4.69) is 20.5 Å². The van der Waals surface area contributed by atoms with Gasteiger partial charge in [0, 0.05) is 11.8 Å². The average Bonchev–Trinajstić information content (AvgIpc) is 3.48. The Balaban J connectivity index is 1.37. The molecule has 0 bridgehead atoms. The lowest BCUT2D eigenvalue weighted by Gasteiger charge is -2.13. The Morgan fingerprint density at radius 1 is 1.00 bits per heavy atom. The van der Waals surface area contributed by atoms with Crippen molar-refractivity contribution in [2.45, 2.75) is 13.3 Å². The number of amides is 1. The first-order valence-corrected chi connectivity index (χ1v) is 9.89. The van der Waals surface area contributed by atoms with Gasteiger partial charge in [0.2, 0.25) is 11.7 Å². The van der Waals surface area contributed by atoms with Crippen molar-refractivity contribution in [2.24, 2.45) is 0 Å². The summed E-state index contributed by atoms with van der Waals surface area (Å²) in [6.07, 6.45) is 3.01. The van der Waals surface area contributed by atoms with Crippen LogP contribution < -0.4 is 19.5 Å². The van der Waals surface area contributed by atoms with E-state index in [0.717, 1.165) is 0 Å². The van der Waals surface area contributed by atoms with E-state index in [4.69, 9.17) is 14.2 Å². The zero-order valence-electron chi connectivity index (χ0n) is 17.9. The summed E-state index contributed by atoms with van der Waals surface area (Å²) in [6, 6.07) is 13.2. The minimum atomic E-state index is -0.493. The number of aromatic nitrogens is 5. The van der Waals surface area contributed by atoms with Gasteiger partial charge < -0.3 is 14.2 Å². The number of carbonyl (C=O) groups excluding carboxylic acids is 1. The Kier molecular flexibility index (Phi) is 6.48. The van der Waals surface area contributed by atoms with E-state index in [9.17, 15) is 9.18 Å². The molecule has 170 valence electrons. The number of carbonyl (C=O) groups is 1. The fraction of sp³-hybridized carbons (Fsp3) is 0.182. The van der Waals surface area contributed by atoms with Crippen LogP contribution in [0, 0.1) is 5.82 Å². The summed E-state index contributed by atoms with van der Waals surface area (Å²) in [5, 5.41) is 10.9. The highest BCUT2D eigenvalue weighted by Gasteiger charge is 2.15. The number of hydrogen-bond donors (Lipinski definition) is 1. The maximum atomic E-state index is 13.8. The van der Waals surface area contributed by atoms with Crippen molar-refractivity contribution >= 4 is 11.9 Å². The van der Waals surface area contributed by atoms with Crippen LogP contribution in [-0.4, -0.2) is 44.7 Å². The summed E-state index contributed by atoms with van der Waals surface area (Å²) < 4.78 is 33.1. The van der Waals surface area contributed by atoms with Gasteiger partial charge in [-0.3, -0.25) is 10.1 Å². The molecule has 0 aliphatic carbocycles. The zero-order valence-corrected chi connectivity index (χ0v) is 17.9. The third-order valence-corrected chi connectivity index (χ3v) is 4.65. The van der Waals surface area contributed by atoms with Crippen LogP contribution in [0.25, 0.3) is 0 Å². The van der Waals surface area contributed by atoms with E-state index in [1.807, 2.05) is 0 Å². The van der Waals surface area contributed by atoms with Gasteiger partial charge in [-0.15, -0.1) is 5.10 Å². The second kappa shape index (κ2) is 9.81. The van der Waals surface area contributed by atoms with Gasteiger partial charge in [0.1, 0.15) is 12.1 Å². The molecule has 0 radical (unpaired) electrons. The van der Waals surface area contributed by atoms with E-state index in [0.29, 0.717) is 22.8 Å². The van der Waals surface area contributed by atoms with Crippen molar-refractivity contribution in [2.75, 3.05) is 19.5 Å². The monoisotopic (exact) mass is 452 g/mol. The summed E-state index contributed by atoms with van der Waals surface area (Å²) >= 11 is 0. The number of anilines is 1. The largest absolute Gasteiger partial charge is 0.493 e. The van der Waals surface area contributed by atoms with Gasteiger partial charge in [-0.1, -0.05) is 24.3 Å². The molecule has 2 heterocycles.